The zero-order valence-corrected chi connectivity index (χ0v) is 11.7. The first-order chi connectivity index (χ1) is 8.93. The van der Waals surface area contributed by atoms with Gasteiger partial charge in [0.15, 0.2) is 6.33 Å². The Labute approximate surface area is 111 Å². The van der Waals surface area contributed by atoms with E-state index in [1.807, 2.05) is 0 Å². The number of nitrogens with one attached hydrogen (secondary N) is 1. The molecule has 0 amide bonds. The van der Waals surface area contributed by atoms with Crippen molar-refractivity contribution in [1.82, 2.24) is 15.5 Å². The summed E-state index contributed by atoms with van der Waals surface area (Å²) < 4.78 is 4.92. The van der Waals surface area contributed by atoms with Crippen LogP contribution in [0.3, 0.4) is 0 Å². The SMILES string of the molecule is CCCCCCCCCCNCCc1ncno1. The largest absolute Gasteiger partial charge is 0.340 e. The van der Waals surface area contributed by atoms with Gasteiger partial charge in [-0.05, 0) is 13.0 Å². The summed E-state index contributed by atoms with van der Waals surface area (Å²) >= 11 is 0. The molecule has 4 heteroatoms. The summed E-state index contributed by atoms with van der Waals surface area (Å²) in [5, 5.41) is 6.99. The Bertz CT molecular complexity index is 262. The molecule has 18 heavy (non-hydrogen) atoms. The quantitative estimate of drug-likeness (QED) is 0.580. The molecule has 1 rings (SSSR count). The predicted octanol–water partition coefficient (Wildman–Crippen LogP) is 3.34. The molecule has 0 aliphatic rings. The Morgan fingerprint density at radius 2 is 1.72 bits per heavy atom. The molecule has 4 nitrogen and oxygen atoms in total. The van der Waals surface area contributed by atoms with E-state index in [0.717, 1.165) is 25.4 Å². The minimum Gasteiger partial charge on any atom is -0.340 e. The van der Waals surface area contributed by atoms with Gasteiger partial charge in [-0.15, -0.1) is 0 Å². The molecular weight excluding hydrogens is 226 g/mol. The van der Waals surface area contributed by atoms with Gasteiger partial charge in [-0.2, -0.15) is 4.98 Å². The van der Waals surface area contributed by atoms with E-state index in [1.54, 1.807) is 0 Å². The van der Waals surface area contributed by atoms with Crippen LogP contribution in [-0.2, 0) is 6.42 Å². The van der Waals surface area contributed by atoms with Crippen LogP contribution < -0.4 is 5.32 Å². The Balaban J connectivity index is 1.73. The lowest BCUT2D eigenvalue weighted by atomic mass is 10.1. The van der Waals surface area contributed by atoms with E-state index < -0.39 is 0 Å². The third-order valence-electron chi connectivity index (χ3n) is 3.13. The second-order valence-corrected chi connectivity index (χ2v) is 4.81. The van der Waals surface area contributed by atoms with E-state index in [-0.39, 0.29) is 0 Å². The predicted molar refractivity (Wildman–Crippen MR) is 73.5 cm³/mol. The smallest absolute Gasteiger partial charge is 0.227 e. The minimum atomic E-state index is 0.721. The summed E-state index contributed by atoms with van der Waals surface area (Å²) in [6, 6.07) is 0. The molecule has 1 N–H and O–H groups in total. The van der Waals surface area contributed by atoms with Gasteiger partial charge < -0.3 is 9.84 Å². The fourth-order valence-electron chi connectivity index (χ4n) is 2.01. The van der Waals surface area contributed by atoms with Crippen LogP contribution in [0.15, 0.2) is 10.9 Å². The van der Waals surface area contributed by atoms with Crippen molar-refractivity contribution in [3.05, 3.63) is 12.2 Å². The summed E-state index contributed by atoms with van der Waals surface area (Å²) in [6.45, 7) is 4.29. The van der Waals surface area contributed by atoms with Gasteiger partial charge in [-0.25, -0.2) is 0 Å². The normalized spacial score (nSPS) is 10.9. The van der Waals surface area contributed by atoms with Gasteiger partial charge in [-0.3, -0.25) is 0 Å². The van der Waals surface area contributed by atoms with Gasteiger partial charge in [0.2, 0.25) is 5.89 Å². The van der Waals surface area contributed by atoms with Crippen LogP contribution in [0.1, 0.15) is 64.2 Å². The third-order valence-corrected chi connectivity index (χ3v) is 3.13. The number of hydrogen-bond acceptors (Lipinski definition) is 4. The van der Waals surface area contributed by atoms with E-state index in [1.165, 1.54) is 57.7 Å². The fraction of sp³-hybridized carbons (Fsp3) is 0.857. The molecule has 1 aromatic rings. The van der Waals surface area contributed by atoms with Crippen molar-refractivity contribution in [2.45, 2.75) is 64.7 Å². The van der Waals surface area contributed by atoms with Crippen molar-refractivity contribution >= 4 is 0 Å². The number of nitrogens with zero attached hydrogens (tertiary/aromatic N) is 2. The number of hydrogen-bond donors (Lipinski definition) is 1. The van der Waals surface area contributed by atoms with Gasteiger partial charge in [0.25, 0.3) is 0 Å². The molecule has 0 saturated heterocycles. The Hall–Kier alpha value is -0.900. The molecule has 1 aromatic heterocycles. The number of aromatic nitrogens is 2. The molecule has 0 radical (unpaired) electrons. The van der Waals surface area contributed by atoms with Gasteiger partial charge in [0, 0.05) is 13.0 Å². The van der Waals surface area contributed by atoms with E-state index in [4.69, 9.17) is 4.52 Å². The van der Waals surface area contributed by atoms with Crippen LogP contribution in [0.25, 0.3) is 0 Å². The molecule has 0 aliphatic heterocycles. The first kappa shape index (κ1) is 15.2. The zero-order valence-electron chi connectivity index (χ0n) is 11.7. The van der Waals surface area contributed by atoms with Gasteiger partial charge in [0.05, 0.1) is 0 Å². The first-order valence-corrected chi connectivity index (χ1v) is 7.39. The van der Waals surface area contributed by atoms with Crippen LogP contribution in [0, 0.1) is 0 Å². The number of unbranched alkanes of at least 4 members (excludes halogenated alkanes) is 7. The Morgan fingerprint density at radius 3 is 2.39 bits per heavy atom. The molecular formula is C14H27N3O. The highest BCUT2D eigenvalue weighted by molar-refractivity contribution is 4.74. The molecule has 0 aliphatic carbocycles. The topological polar surface area (TPSA) is 51.0 Å². The van der Waals surface area contributed by atoms with Gasteiger partial charge in [0.1, 0.15) is 0 Å². The van der Waals surface area contributed by atoms with Crippen molar-refractivity contribution in [3.8, 4) is 0 Å². The lowest BCUT2D eigenvalue weighted by molar-refractivity contribution is 0.374. The lowest BCUT2D eigenvalue weighted by Crippen LogP contribution is -2.18. The Kier molecular flexibility index (Phi) is 9.44. The van der Waals surface area contributed by atoms with Crippen LogP contribution in [-0.4, -0.2) is 23.2 Å². The third kappa shape index (κ3) is 8.23. The molecule has 0 bridgehead atoms. The molecule has 104 valence electrons. The average Bonchev–Trinajstić information content (AvgIpc) is 2.89. The summed E-state index contributed by atoms with van der Waals surface area (Å²) in [7, 11) is 0. The molecule has 0 fully saturated rings. The van der Waals surface area contributed by atoms with Crippen molar-refractivity contribution in [3.63, 3.8) is 0 Å². The van der Waals surface area contributed by atoms with Crippen molar-refractivity contribution in [1.29, 1.82) is 0 Å². The monoisotopic (exact) mass is 253 g/mol. The van der Waals surface area contributed by atoms with Crippen LogP contribution in [0.2, 0.25) is 0 Å². The van der Waals surface area contributed by atoms with Crippen molar-refractivity contribution in [2.75, 3.05) is 13.1 Å². The first-order valence-electron chi connectivity index (χ1n) is 7.39. The van der Waals surface area contributed by atoms with Gasteiger partial charge >= 0.3 is 0 Å². The summed E-state index contributed by atoms with van der Waals surface area (Å²) in [4.78, 5) is 3.98. The maximum atomic E-state index is 4.92. The van der Waals surface area contributed by atoms with Gasteiger partial charge in [-0.1, -0.05) is 57.0 Å². The van der Waals surface area contributed by atoms with E-state index in [9.17, 15) is 0 Å². The molecule has 0 spiro atoms. The van der Waals surface area contributed by atoms with E-state index in [2.05, 4.69) is 22.4 Å². The second-order valence-electron chi connectivity index (χ2n) is 4.81. The molecule has 0 aromatic carbocycles. The van der Waals surface area contributed by atoms with Crippen molar-refractivity contribution < 1.29 is 4.52 Å². The highest BCUT2D eigenvalue weighted by Gasteiger charge is 1.97. The lowest BCUT2D eigenvalue weighted by Gasteiger charge is -2.03. The molecule has 1 heterocycles. The van der Waals surface area contributed by atoms with Crippen molar-refractivity contribution in [2.24, 2.45) is 0 Å². The minimum absolute atomic E-state index is 0.721. The molecule has 0 unspecified atom stereocenters. The summed E-state index contributed by atoms with van der Waals surface area (Å²) in [6.07, 6.45) is 13.3. The number of rotatable bonds is 12. The zero-order chi connectivity index (χ0) is 12.9. The van der Waals surface area contributed by atoms with Crippen LogP contribution in [0.4, 0.5) is 0 Å². The summed E-state index contributed by atoms with van der Waals surface area (Å²) in [5.41, 5.74) is 0. The summed E-state index contributed by atoms with van der Waals surface area (Å²) in [5.74, 6) is 0.721. The molecule has 0 saturated carbocycles. The maximum absolute atomic E-state index is 4.92. The standard InChI is InChI=1S/C14H27N3O/c1-2-3-4-5-6-7-8-9-11-15-12-10-14-16-13-17-18-14/h13,15H,2-12H2,1H3. The van der Waals surface area contributed by atoms with E-state index in [0.29, 0.717) is 0 Å². The van der Waals surface area contributed by atoms with E-state index >= 15 is 0 Å². The molecule has 0 atom stereocenters. The highest BCUT2D eigenvalue weighted by Crippen LogP contribution is 2.07. The fourth-order valence-corrected chi connectivity index (χ4v) is 2.01. The maximum Gasteiger partial charge on any atom is 0.227 e. The van der Waals surface area contributed by atoms with Crippen LogP contribution >= 0.6 is 0 Å². The highest BCUT2D eigenvalue weighted by atomic mass is 16.5. The van der Waals surface area contributed by atoms with Crippen LogP contribution in [0.5, 0.6) is 0 Å². The Morgan fingerprint density at radius 1 is 1.00 bits per heavy atom. The second kappa shape index (κ2) is 11.2. The average molecular weight is 253 g/mol.